The Bertz CT molecular complexity index is 930. The van der Waals surface area contributed by atoms with Gasteiger partial charge in [0.2, 0.25) is 5.91 Å². The van der Waals surface area contributed by atoms with Crippen LogP contribution in [0.25, 0.3) is 0 Å². The van der Waals surface area contributed by atoms with Gasteiger partial charge in [-0.2, -0.15) is 0 Å². The highest BCUT2D eigenvalue weighted by Gasteiger charge is 2.50. The van der Waals surface area contributed by atoms with Gasteiger partial charge in [-0.05, 0) is 12.8 Å². The van der Waals surface area contributed by atoms with Gasteiger partial charge in [0.15, 0.2) is 12.6 Å². The van der Waals surface area contributed by atoms with Gasteiger partial charge in [-0.25, -0.2) is 0 Å². The van der Waals surface area contributed by atoms with Crippen LogP contribution in [0.15, 0.2) is 0 Å². The van der Waals surface area contributed by atoms with E-state index in [4.69, 9.17) is 18.9 Å². The van der Waals surface area contributed by atoms with Gasteiger partial charge in [0.1, 0.15) is 48.8 Å². The first-order valence-electron chi connectivity index (χ1n) is 21.3. The summed E-state index contributed by atoms with van der Waals surface area (Å²) < 4.78 is 22.6. The summed E-state index contributed by atoms with van der Waals surface area (Å²) >= 11 is 0. The van der Waals surface area contributed by atoms with Gasteiger partial charge in [0.25, 0.3) is 0 Å². The van der Waals surface area contributed by atoms with Gasteiger partial charge in [0, 0.05) is 6.42 Å². The van der Waals surface area contributed by atoms with Crippen molar-refractivity contribution in [3.63, 3.8) is 0 Å². The highest BCUT2D eigenvalue weighted by molar-refractivity contribution is 5.76. The van der Waals surface area contributed by atoms with Crippen molar-refractivity contribution in [2.75, 3.05) is 19.8 Å². The average molecular weight is 780 g/mol. The fourth-order valence-electron chi connectivity index (χ4n) is 7.23. The molecule has 1 amide bonds. The summed E-state index contributed by atoms with van der Waals surface area (Å²) in [6.45, 7) is 2.78. The van der Waals surface area contributed by atoms with Gasteiger partial charge in [0.05, 0.1) is 32.0 Å². The number of aliphatic hydroxyl groups is 8. The number of carbonyl (C=O) groups excluding carboxylic acids is 1. The summed E-state index contributed by atoms with van der Waals surface area (Å²) in [4.78, 5) is 13.0. The second-order valence-corrected chi connectivity index (χ2v) is 15.5. The summed E-state index contributed by atoms with van der Waals surface area (Å²) in [5, 5.41) is 86.3. The molecule has 0 aromatic rings. The molecule has 0 spiro atoms. The Morgan fingerprint density at radius 2 is 1.06 bits per heavy atom. The van der Waals surface area contributed by atoms with Crippen LogP contribution in [0.5, 0.6) is 0 Å². The van der Waals surface area contributed by atoms with Gasteiger partial charge in [-0.3, -0.25) is 4.79 Å². The average Bonchev–Trinajstić information content (AvgIpc) is 3.17. The van der Waals surface area contributed by atoms with Crippen molar-refractivity contribution in [1.29, 1.82) is 0 Å². The Kier molecular flexibility index (Phi) is 26.6. The molecule has 12 unspecified atom stereocenters. The Morgan fingerprint density at radius 3 is 1.57 bits per heavy atom. The smallest absolute Gasteiger partial charge is 0.220 e. The molecule has 9 N–H and O–H groups in total. The number of amides is 1. The Labute approximate surface area is 323 Å². The third-order valence-corrected chi connectivity index (χ3v) is 10.8. The van der Waals surface area contributed by atoms with E-state index in [1.165, 1.54) is 77.0 Å². The van der Waals surface area contributed by atoms with Gasteiger partial charge < -0.3 is 65.1 Å². The van der Waals surface area contributed by atoms with Gasteiger partial charge in [-0.15, -0.1) is 0 Å². The summed E-state index contributed by atoms with van der Waals surface area (Å²) in [6, 6.07) is -0.817. The van der Waals surface area contributed by atoms with Crippen molar-refractivity contribution in [1.82, 2.24) is 5.32 Å². The standard InChI is InChI=1S/C40H77NO13/c1-3-5-7-9-11-13-14-16-17-19-21-23-29(44)28(41-32(45)24-22-20-18-15-12-10-8-6-4-2)27-51-39-37(50)35(48)38(31(26-43)53-39)54-40-36(49)34(47)33(46)30(25-42)52-40/h28-31,33-40,42-44,46-50H,3-27H2,1-2H3,(H,41,45). The lowest BCUT2D eigenvalue weighted by Crippen LogP contribution is -2.65. The van der Waals surface area contributed by atoms with Crippen molar-refractivity contribution >= 4 is 5.91 Å². The van der Waals surface area contributed by atoms with E-state index in [-0.39, 0.29) is 12.5 Å². The van der Waals surface area contributed by atoms with Crippen molar-refractivity contribution in [3.8, 4) is 0 Å². The molecule has 2 heterocycles. The number of unbranched alkanes of at least 4 members (excludes halogenated alkanes) is 18. The molecular weight excluding hydrogens is 702 g/mol. The van der Waals surface area contributed by atoms with Crippen molar-refractivity contribution in [2.45, 2.75) is 229 Å². The normalized spacial score (nSPS) is 30.0. The molecule has 0 aromatic carbocycles. The number of aliphatic hydroxyl groups excluding tert-OH is 8. The molecule has 0 radical (unpaired) electrons. The van der Waals surface area contributed by atoms with E-state index in [1.54, 1.807) is 0 Å². The molecule has 14 nitrogen and oxygen atoms in total. The predicted molar refractivity (Wildman–Crippen MR) is 203 cm³/mol. The Morgan fingerprint density at radius 1 is 0.593 bits per heavy atom. The van der Waals surface area contributed by atoms with E-state index in [2.05, 4.69) is 19.2 Å². The molecular formula is C40H77NO13. The maximum atomic E-state index is 13.0. The zero-order chi connectivity index (χ0) is 39.7. The zero-order valence-electron chi connectivity index (χ0n) is 33.2. The number of hydrogen-bond donors (Lipinski definition) is 9. The van der Waals surface area contributed by atoms with Crippen LogP contribution in [0.1, 0.15) is 155 Å². The number of nitrogens with one attached hydrogen (secondary N) is 1. The number of ether oxygens (including phenoxy) is 4. The van der Waals surface area contributed by atoms with Crippen molar-refractivity contribution < 1.29 is 64.6 Å². The number of rotatable bonds is 31. The maximum absolute atomic E-state index is 13.0. The van der Waals surface area contributed by atoms with E-state index in [0.717, 1.165) is 51.4 Å². The molecule has 320 valence electrons. The van der Waals surface area contributed by atoms with Crippen LogP contribution in [0, 0.1) is 0 Å². The molecule has 2 rings (SSSR count). The maximum Gasteiger partial charge on any atom is 0.220 e. The first kappa shape index (κ1) is 49.1. The summed E-state index contributed by atoms with van der Waals surface area (Å²) in [5.41, 5.74) is 0. The van der Waals surface area contributed by atoms with E-state index in [0.29, 0.717) is 12.8 Å². The van der Waals surface area contributed by atoms with Crippen LogP contribution in [0.4, 0.5) is 0 Å². The molecule has 2 saturated heterocycles. The van der Waals surface area contributed by atoms with E-state index >= 15 is 0 Å². The number of carbonyl (C=O) groups is 1. The molecule has 0 aromatic heterocycles. The summed E-state index contributed by atoms with van der Waals surface area (Å²) in [6.07, 6.45) is 7.03. The highest BCUT2D eigenvalue weighted by atomic mass is 16.7. The van der Waals surface area contributed by atoms with E-state index < -0.39 is 86.8 Å². The summed E-state index contributed by atoms with van der Waals surface area (Å²) in [7, 11) is 0. The molecule has 0 saturated carbocycles. The fourth-order valence-corrected chi connectivity index (χ4v) is 7.23. The van der Waals surface area contributed by atoms with Crippen LogP contribution in [0.2, 0.25) is 0 Å². The van der Waals surface area contributed by atoms with Crippen LogP contribution in [0.3, 0.4) is 0 Å². The van der Waals surface area contributed by atoms with E-state index in [1.807, 2.05) is 0 Å². The third kappa shape index (κ3) is 18.1. The second kappa shape index (κ2) is 29.2. The monoisotopic (exact) mass is 780 g/mol. The molecule has 0 bridgehead atoms. The predicted octanol–water partition coefficient (Wildman–Crippen LogP) is 3.09. The molecule has 12 atom stereocenters. The topological polar surface area (TPSA) is 228 Å². The minimum atomic E-state index is -1.78. The van der Waals surface area contributed by atoms with Crippen LogP contribution in [-0.4, -0.2) is 140 Å². The van der Waals surface area contributed by atoms with Crippen LogP contribution in [-0.2, 0) is 23.7 Å². The van der Waals surface area contributed by atoms with Crippen molar-refractivity contribution in [2.24, 2.45) is 0 Å². The van der Waals surface area contributed by atoms with Gasteiger partial charge in [-0.1, -0.05) is 136 Å². The lowest BCUT2D eigenvalue weighted by Gasteiger charge is -2.46. The zero-order valence-corrected chi connectivity index (χ0v) is 33.2. The molecule has 2 aliphatic rings. The SMILES string of the molecule is CCCCCCCCCCCCCC(O)C(COC1OC(CO)C(OC2OC(CO)C(O)C(O)C2O)C(O)C1O)NC(=O)CCCCCCCCCCC. The molecule has 54 heavy (non-hydrogen) atoms. The Balaban J connectivity index is 1.92. The largest absolute Gasteiger partial charge is 0.394 e. The Hall–Kier alpha value is -1.01. The fraction of sp³-hybridized carbons (Fsp3) is 0.975. The van der Waals surface area contributed by atoms with Crippen molar-refractivity contribution in [3.05, 3.63) is 0 Å². The van der Waals surface area contributed by atoms with Crippen LogP contribution < -0.4 is 5.32 Å². The molecule has 14 heteroatoms. The van der Waals surface area contributed by atoms with Crippen LogP contribution >= 0.6 is 0 Å². The first-order chi connectivity index (χ1) is 26.1. The van der Waals surface area contributed by atoms with E-state index in [9.17, 15) is 45.6 Å². The second-order valence-electron chi connectivity index (χ2n) is 15.5. The number of hydrogen-bond acceptors (Lipinski definition) is 13. The minimum absolute atomic E-state index is 0.212. The lowest BCUT2D eigenvalue weighted by molar-refractivity contribution is -0.359. The highest BCUT2D eigenvalue weighted by Crippen LogP contribution is 2.30. The third-order valence-electron chi connectivity index (χ3n) is 10.8. The first-order valence-corrected chi connectivity index (χ1v) is 21.3. The quantitative estimate of drug-likeness (QED) is 0.0462. The molecule has 0 aliphatic carbocycles. The van der Waals surface area contributed by atoms with Gasteiger partial charge >= 0.3 is 0 Å². The summed E-state index contributed by atoms with van der Waals surface area (Å²) in [5.74, 6) is -0.212. The molecule has 2 fully saturated rings. The molecule has 2 aliphatic heterocycles. The minimum Gasteiger partial charge on any atom is -0.394 e. The lowest BCUT2D eigenvalue weighted by atomic mass is 9.97.